The average Bonchev–Trinajstić information content (AvgIpc) is 3.29. The average molecular weight is 617 g/mol. The number of amides is 1. The van der Waals surface area contributed by atoms with Crippen LogP contribution in [0.3, 0.4) is 0 Å². The summed E-state index contributed by atoms with van der Waals surface area (Å²) in [6.07, 6.45) is -1.84. The molecule has 2 aromatic rings. The van der Waals surface area contributed by atoms with Crippen molar-refractivity contribution >= 4 is 78.3 Å². The number of rotatable bonds is 8. The van der Waals surface area contributed by atoms with Crippen molar-refractivity contribution in [2.45, 2.75) is 26.1 Å². The minimum absolute atomic E-state index is 0.201. The summed E-state index contributed by atoms with van der Waals surface area (Å²) in [5.74, 6) is -2.29. The number of hydrogen-bond acceptors (Lipinski definition) is 10. The number of nitrogens with two attached hydrogens (primary N) is 1. The lowest BCUT2D eigenvalue weighted by atomic mass is 10.3. The van der Waals surface area contributed by atoms with Crippen molar-refractivity contribution in [1.82, 2.24) is 0 Å². The molecule has 2 unspecified atom stereocenters. The van der Waals surface area contributed by atoms with Crippen LogP contribution in [0.4, 0.5) is 0 Å². The van der Waals surface area contributed by atoms with Gasteiger partial charge in [-0.25, -0.2) is 14.4 Å². The Labute approximate surface area is 207 Å². The third kappa shape index (κ3) is 7.46. The fourth-order valence-corrected chi connectivity index (χ4v) is 4.75. The molecule has 0 radical (unpaired) electrons. The summed E-state index contributed by atoms with van der Waals surface area (Å²) >= 11 is 8.68. The van der Waals surface area contributed by atoms with Crippen molar-refractivity contribution in [2.24, 2.45) is 5.73 Å². The van der Waals surface area contributed by atoms with Crippen molar-refractivity contribution in [3.63, 3.8) is 0 Å². The van der Waals surface area contributed by atoms with Gasteiger partial charge in [0.1, 0.15) is 0 Å². The number of esters is 2. The van der Waals surface area contributed by atoms with E-state index < -0.39 is 36.0 Å². The first-order valence-corrected chi connectivity index (χ1v) is 11.8. The van der Waals surface area contributed by atoms with Gasteiger partial charge in [-0.05, 0) is 45.7 Å². The summed E-state index contributed by atoms with van der Waals surface area (Å²) in [5, 5.41) is 12.0. The number of halogens is 2. The molecule has 0 bridgehead atoms. The molecule has 0 spiro atoms. The molecule has 0 aliphatic heterocycles. The van der Waals surface area contributed by atoms with E-state index in [0.29, 0.717) is 13.8 Å². The molecular formula is C18H19Br2NO9S2. The fraction of sp³-hybridized carbons (Fsp3) is 0.333. The quantitative estimate of drug-likeness (QED) is 0.423. The van der Waals surface area contributed by atoms with Gasteiger partial charge in [0, 0.05) is 10.8 Å². The maximum absolute atomic E-state index is 11.4. The molecular weight excluding hydrogens is 598 g/mol. The number of carbonyl (C=O) groups excluding carboxylic acids is 3. The summed E-state index contributed by atoms with van der Waals surface area (Å²) in [7, 11) is 2.53. The second-order valence-electron chi connectivity index (χ2n) is 5.73. The highest BCUT2D eigenvalue weighted by Gasteiger charge is 2.24. The lowest BCUT2D eigenvalue weighted by Crippen LogP contribution is -2.31. The Morgan fingerprint density at radius 3 is 1.56 bits per heavy atom. The van der Waals surface area contributed by atoms with Gasteiger partial charge in [0.15, 0.2) is 33.5 Å². The number of primary amides is 1. The number of thiophene rings is 2. The van der Waals surface area contributed by atoms with Crippen LogP contribution in [0.5, 0.6) is 11.5 Å². The Balaban J connectivity index is 0.000000320. The second kappa shape index (κ2) is 12.8. The van der Waals surface area contributed by atoms with Crippen LogP contribution >= 0.6 is 54.5 Å². The summed E-state index contributed by atoms with van der Waals surface area (Å²) < 4.78 is 20.7. The number of carbonyl (C=O) groups is 4. The molecule has 0 aliphatic carbocycles. The minimum Gasteiger partial charge on any atom is -0.479 e. The number of aliphatic carboxylic acids is 1. The van der Waals surface area contributed by atoms with E-state index in [1.807, 2.05) is 0 Å². The first-order valence-electron chi connectivity index (χ1n) is 8.50. The standard InChI is InChI=1S/C9H10BrNO4S.C9H9BrO5S/c2*1-4(8(11)12)15-6-5(10)3-16-7(6)9(13)14-2/h3-4H,1-2H3,(H2,11,12);3-4H,1-2H3,(H,11,12). The Morgan fingerprint density at radius 1 is 0.875 bits per heavy atom. The van der Waals surface area contributed by atoms with Gasteiger partial charge in [-0.2, -0.15) is 0 Å². The Hall–Kier alpha value is -2.16. The Kier molecular flexibility index (Phi) is 11.1. The first-order chi connectivity index (χ1) is 14.9. The third-order valence-electron chi connectivity index (χ3n) is 3.49. The van der Waals surface area contributed by atoms with Crippen LogP contribution in [0, 0.1) is 0 Å². The molecule has 0 aromatic carbocycles. The maximum atomic E-state index is 11.4. The molecule has 0 fully saturated rings. The summed E-state index contributed by atoms with van der Waals surface area (Å²) in [5.41, 5.74) is 5.07. The predicted molar refractivity (Wildman–Crippen MR) is 124 cm³/mol. The second-order valence-corrected chi connectivity index (χ2v) is 9.20. The van der Waals surface area contributed by atoms with Crippen LogP contribution in [0.25, 0.3) is 0 Å². The highest BCUT2D eigenvalue weighted by Crippen LogP contribution is 2.37. The van der Waals surface area contributed by atoms with Crippen molar-refractivity contribution in [3.8, 4) is 11.5 Å². The molecule has 14 heteroatoms. The largest absolute Gasteiger partial charge is 0.479 e. The smallest absolute Gasteiger partial charge is 0.351 e. The zero-order chi connectivity index (χ0) is 24.6. The molecule has 32 heavy (non-hydrogen) atoms. The van der Waals surface area contributed by atoms with Crippen molar-refractivity contribution in [1.29, 1.82) is 0 Å². The van der Waals surface area contributed by atoms with E-state index in [2.05, 4.69) is 41.3 Å². The Bertz CT molecular complexity index is 911. The number of carboxylic acids is 1. The molecule has 10 nitrogen and oxygen atoms in total. The van der Waals surface area contributed by atoms with Crippen molar-refractivity contribution < 1.29 is 43.2 Å². The fourth-order valence-electron chi connectivity index (χ4n) is 1.80. The van der Waals surface area contributed by atoms with Crippen LogP contribution in [0.15, 0.2) is 19.7 Å². The zero-order valence-corrected chi connectivity index (χ0v) is 22.0. The molecule has 3 N–H and O–H groups in total. The van der Waals surface area contributed by atoms with Crippen LogP contribution < -0.4 is 15.2 Å². The SMILES string of the molecule is COC(=O)c1scc(Br)c1OC(C)C(=O)O.COC(=O)c1scc(Br)c1OC(C)C(N)=O. The van der Waals surface area contributed by atoms with Crippen molar-refractivity contribution in [3.05, 3.63) is 29.5 Å². The van der Waals surface area contributed by atoms with Gasteiger partial charge < -0.3 is 29.8 Å². The highest BCUT2D eigenvalue weighted by molar-refractivity contribution is 9.11. The Morgan fingerprint density at radius 2 is 1.25 bits per heavy atom. The van der Waals surface area contributed by atoms with Crippen LogP contribution in [0.2, 0.25) is 0 Å². The molecule has 1 amide bonds. The number of ether oxygens (including phenoxy) is 4. The van der Waals surface area contributed by atoms with E-state index in [1.54, 1.807) is 10.8 Å². The van der Waals surface area contributed by atoms with Gasteiger partial charge in [-0.3, -0.25) is 4.79 Å². The predicted octanol–water partition coefficient (Wildman–Crippen LogP) is 3.70. The monoisotopic (exact) mass is 615 g/mol. The van der Waals surface area contributed by atoms with Gasteiger partial charge in [-0.15, -0.1) is 22.7 Å². The first kappa shape index (κ1) is 27.9. The van der Waals surface area contributed by atoms with Gasteiger partial charge >= 0.3 is 17.9 Å². The van der Waals surface area contributed by atoms with Crippen LogP contribution in [-0.2, 0) is 19.1 Å². The summed E-state index contributed by atoms with van der Waals surface area (Å²) in [6, 6.07) is 0. The molecule has 2 heterocycles. The lowest BCUT2D eigenvalue weighted by Gasteiger charge is -2.11. The maximum Gasteiger partial charge on any atom is 0.351 e. The minimum atomic E-state index is -1.10. The highest BCUT2D eigenvalue weighted by atomic mass is 79.9. The van der Waals surface area contributed by atoms with Gasteiger partial charge in [0.2, 0.25) is 0 Å². The normalized spacial score (nSPS) is 11.9. The van der Waals surface area contributed by atoms with E-state index in [-0.39, 0.29) is 16.4 Å². The van der Waals surface area contributed by atoms with Gasteiger partial charge in [-0.1, -0.05) is 0 Å². The number of hydrogen-bond donors (Lipinski definition) is 2. The van der Waals surface area contributed by atoms with E-state index >= 15 is 0 Å². The zero-order valence-electron chi connectivity index (χ0n) is 17.2. The number of carboxylic acid groups (broad SMARTS) is 1. The molecule has 2 atom stereocenters. The van der Waals surface area contributed by atoms with E-state index in [0.717, 1.165) is 22.7 Å². The molecule has 2 rings (SSSR count). The van der Waals surface area contributed by atoms with Gasteiger partial charge in [0.05, 0.1) is 23.2 Å². The van der Waals surface area contributed by atoms with E-state index in [9.17, 15) is 19.2 Å². The molecule has 2 aromatic heterocycles. The number of methoxy groups -OCH3 is 2. The topological polar surface area (TPSA) is 151 Å². The molecule has 0 aliphatic rings. The van der Waals surface area contributed by atoms with E-state index in [4.69, 9.17) is 20.3 Å². The van der Waals surface area contributed by atoms with Crippen LogP contribution in [-0.4, -0.2) is 55.3 Å². The molecule has 0 saturated carbocycles. The van der Waals surface area contributed by atoms with E-state index in [1.165, 1.54) is 28.1 Å². The third-order valence-corrected chi connectivity index (χ3v) is 7.15. The molecule has 0 saturated heterocycles. The van der Waals surface area contributed by atoms with Crippen LogP contribution in [0.1, 0.15) is 33.2 Å². The molecule has 176 valence electrons. The lowest BCUT2D eigenvalue weighted by molar-refractivity contribution is -0.144. The summed E-state index contributed by atoms with van der Waals surface area (Å²) in [4.78, 5) is 44.7. The summed E-state index contributed by atoms with van der Waals surface area (Å²) in [6.45, 7) is 2.89. The van der Waals surface area contributed by atoms with Crippen molar-refractivity contribution in [2.75, 3.05) is 14.2 Å². The van der Waals surface area contributed by atoms with Gasteiger partial charge in [0.25, 0.3) is 5.91 Å².